The van der Waals surface area contributed by atoms with Gasteiger partial charge in [0, 0.05) is 13.1 Å². The highest BCUT2D eigenvalue weighted by Gasteiger charge is 2.38. The first kappa shape index (κ1) is 10.6. The van der Waals surface area contributed by atoms with Crippen molar-refractivity contribution in [3.8, 4) is 5.75 Å². The zero-order chi connectivity index (χ0) is 11.8. The predicted octanol–water partition coefficient (Wildman–Crippen LogP) is 2.26. The Morgan fingerprint density at radius 2 is 1.82 bits per heavy atom. The molecule has 17 heavy (non-hydrogen) atoms. The van der Waals surface area contributed by atoms with Gasteiger partial charge in [-0.3, -0.25) is 4.79 Å². The first-order chi connectivity index (χ1) is 8.25. The highest BCUT2D eigenvalue weighted by Crippen LogP contribution is 2.38. The van der Waals surface area contributed by atoms with E-state index in [4.69, 9.17) is 0 Å². The van der Waals surface area contributed by atoms with Gasteiger partial charge < -0.3 is 10.0 Å². The molecule has 1 aliphatic heterocycles. The second kappa shape index (κ2) is 4.06. The Morgan fingerprint density at radius 3 is 2.47 bits per heavy atom. The second-order valence-corrected chi connectivity index (χ2v) is 5.18. The van der Waals surface area contributed by atoms with Gasteiger partial charge in [0.2, 0.25) is 0 Å². The SMILES string of the molecule is O=C(c1ccccc1O)N1CC2CCCC2C1. The number of benzene rings is 1. The highest BCUT2D eigenvalue weighted by molar-refractivity contribution is 5.97. The van der Waals surface area contributed by atoms with Gasteiger partial charge in [0.05, 0.1) is 5.56 Å². The third kappa shape index (κ3) is 1.79. The van der Waals surface area contributed by atoms with E-state index in [1.54, 1.807) is 24.3 Å². The van der Waals surface area contributed by atoms with Crippen molar-refractivity contribution in [1.82, 2.24) is 4.90 Å². The van der Waals surface area contributed by atoms with Gasteiger partial charge in [-0.1, -0.05) is 18.6 Å². The molecule has 1 amide bonds. The van der Waals surface area contributed by atoms with Crippen molar-refractivity contribution in [1.29, 1.82) is 0 Å². The van der Waals surface area contributed by atoms with Crippen LogP contribution in [0.3, 0.4) is 0 Å². The standard InChI is InChI=1S/C14H17NO2/c16-13-7-2-1-6-12(13)14(17)15-8-10-4-3-5-11(10)9-15/h1-2,6-7,10-11,16H,3-5,8-9H2. The lowest BCUT2D eigenvalue weighted by Crippen LogP contribution is -2.29. The third-order valence-corrected chi connectivity index (χ3v) is 4.15. The van der Waals surface area contributed by atoms with Crippen molar-refractivity contribution in [2.24, 2.45) is 11.8 Å². The number of carbonyl (C=O) groups excluding carboxylic acids is 1. The summed E-state index contributed by atoms with van der Waals surface area (Å²) in [6.07, 6.45) is 3.83. The van der Waals surface area contributed by atoms with E-state index in [-0.39, 0.29) is 11.7 Å². The van der Waals surface area contributed by atoms with E-state index in [0.717, 1.165) is 13.1 Å². The van der Waals surface area contributed by atoms with Gasteiger partial charge >= 0.3 is 0 Å². The van der Waals surface area contributed by atoms with E-state index in [2.05, 4.69) is 0 Å². The lowest BCUT2D eigenvalue weighted by molar-refractivity contribution is 0.0777. The van der Waals surface area contributed by atoms with Crippen LogP contribution in [0, 0.1) is 11.8 Å². The predicted molar refractivity (Wildman–Crippen MR) is 64.8 cm³/mol. The molecule has 3 nitrogen and oxygen atoms in total. The van der Waals surface area contributed by atoms with Gasteiger partial charge in [-0.25, -0.2) is 0 Å². The number of hydrogen-bond acceptors (Lipinski definition) is 2. The molecule has 1 N–H and O–H groups in total. The molecule has 1 aliphatic carbocycles. The third-order valence-electron chi connectivity index (χ3n) is 4.15. The van der Waals surface area contributed by atoms with Crippen LogP contribution in [-0.2, 0) is 0 Å². The lowest BCUT2D eigenvalue weighted by Gasteiger charge is -2.17. The number of para-hydroxylation sites is 1. The van der Waals surface area contributed by atoms with Gasteiger partial charge in [-0.2, -0.15) is 0 Å². The number of phenols is 1. The molecule has 1 saturated heterocycles. The van der Waals surface area contributed by atoms with Gasteiger partial charge in [0.25, 0.3) is 5.91 Å². The number of amides is 1. The van der Waals surface area contributed by atoms with Gasteiger partial charge in [-0.15, -0.1) is 0 Å². The largest absolute Gasteiger partial charge is 0.507 e. The summed E-state index contributed by atoms with van der Waals surface area (Å²) in [7, 11) is 0. The molecule has 1 saturated carbocycles. The van der Waals surface area contributed by atoms with E-state index in [1.165, 1.54) is 19.3 Å². The molecule has 90 valence electrons. The van der Waals surface area contributed by atoms with Crippen LogP contribution in [0.2, 0.25) is 0 Å². The van der Waals surface area contributed by atoms with E-state index in [1.807, 2.05) is 4.90 Å². The number of hydrogen-bond donors (Lipinski definition) is 1. The first-order valence-electron chi connectivity index (χ1n) is 6.33. The smallest absolute Gasteiger partial charge is 0.257 e. The summed E-state index contributed by atoms with van der Waals surface area (Å²) in [6, 6.07) is 6.81. The molecule has 2 atom stereocenters. The van der Waals surface area contributed by atoms with Crippen molar-refractivity contribution in [3.63, 3.8) is 0 Å². The van der Waals surface area contributed by atoms with Crippen LogP contribution < -0.4 is 0 Å². The van der Waals surface area contributed by atoms with Gasteiger partial charge in [0.15, 0.2) is 0 Å². The Morgan fingerprint density at radius 1 is 1.18 bits per heavy atom. The molecule has 3 rings (SSSR count). The zero-order valence-corrected chi connectivity index (χ0v) is 9.80. The van der Waals surface area contributed by atoms with Crippen LogP contribution in [0.1, 0.15) is 29.6 Å². The van der Waals surface area contributed by atoms with Crippen LogP contribution in [0.25, 0.3) is 0 Å². The van der Waals surface area contributed by atoms with Gasteiger partial charge in [0.1, 0.15) is 5.75 Å². The minimum Gasteiger partial charge on any atom is -0.507 e. The molecule has 1 aromatic carbocycles. The number of nitrogens with zero attached hydrogens (tertiary/aromatic N) is 1. The molecule has 2 fully saturated rings. The summed E-state index contributed by atoms with van der Waals surface area (Å²) < 4.78 is 0. The van der Waals surface area contributed by atoms with E-state index < -0.39 is 0 Å². The van der Waals surface area contributed by atoms with Crippen LogP contribution in [0.5, 0.6) is 5.75 Å². The van der Waals surface area contributed by atoms with E-state index in [9.17, 15) is 9.90 Å². The minimum atomic E-state index is -0.0162. The average molecular weight is 231 g/mol. The average Bonchev–Trinajstić information content (AvgIpc) is 2.88. The Labute approximate surface area is 101 Å². The zero-order valence-electron chi connectivity index (χ0n) is 9.80. The Kier molecular flexibility index (Phi) is 2.54. The van der Waals surface area contributed by atoms with Gasteiger partial charge in [-0.05, 0) is 36.8 Å². The van der Waals surface area contributed by atoms with Crippen molar-refractivity contribution in [2.45, 2.75) is 19.3 Å². The van der Waals surface area contributed by atoms with Crippen LogP contribution >= 0.6 is 0 Å². The maximum Gasteiger partial charge on any atom is 0.257 e. The molecule has 0 spiro atoms. The summed E-state index contributed by atoms with van der Waals surface area (Å²) in [5.41, 5.74) is 0.437. The topological polar surface area (TPSA) is 40.5 Å². The molecular formula is C14H17NO2. The lowest BCUT2D eigenvalue weighted by atomic mass is 10.0. The molecule has 0 aromatic heterocycles. The maximum atomic E-state index is 12.3. The molecule has 3 heteroatoms. The van der Waals surface area contributed by atoms with Crippen molar-refractivity contribution in [2.75, 3.05) is 13.1 Å². The summed E-state index contributed by atoms with van der Waals surface area (Å²) in [4.78, 5) is 14.2. The molecular weight excluding hydrogens is 214 g/mol. The van der Waals surface area contributed by atoms with Crippen LogP contribution in [0.15, 0.2) is 24.3 Å². The van der Waals surface area contributed by atoms with Crippen LogP contribution in [-0.4, -0.2) is 29.0 Å². The highest BCUT2D eigenvalue weighted by atomic mass is 16.3. The molecule has 0 radical (unpaired) electrons. The van der Waals surface area contributed by atoms with E-state index >= 15 is 0 Å². The first-order valence-corrected chi connectivity index (χ1v) is 6.33. The maximum absolute atomic E-state index is 12.3. The molecule has 1 aromatic rings. The summed E-state index contributed by atoms with van der Waals surface area (Å²) in [5.74, 6) is 1.47. The van der Waals surface area contributed by atoms with Crippen molar-refractivity contribution >= 4 is 5.91 Å². The molecule has 2 unspecified atom stereocenters. The quantitative estimate of drug-likeness (QED) is 0.805. The number of aromatic hydroxyl groups is 1. The van der Waals surface area contributed by atoms with Crippen molar-refractivity contribution < 1.29 is 9.90 Å². The molecule has 1 heterocycles. The summed E-state index contributed by atoms with van der Waals surface area (Å²) in [5, 5.41) is 9.70. The number of likely N-dealkylation sites (tertiary alicyclic amines) is 1. The molecule has 2 aliphatic rings. The van der Waals surface area contributed by atoms with Crippen molar-refractivity contribution in [3.05, 3.63) is 29.8 Å². The van der Waals surface area contributed by atoms with E-state index in [0.29, 0.717) is 17.4 Å². The van der Waals surface area contributed by atoms with Crippen LogP contribution in [0.4, 0.5) is 0 Å². The number of phenolic OH excluding ortho intramolecular Hbond substituents is 1. The fraction of sp³-hybridized carbons (Fsp3) is 0.500. The summed E-state index contributed by atoms with van der Waals surface area (Å²) in [6.45, 7) is 1.75. The Bertz CT molecular complexity index is 432. The Balaban J connectivity index is 1.78. The number of carbonyl (C=O) groups is 1. The minimum absolute atomic E-state index is 0.0162. The number of fused-ring (bicyclic) bond motifs is 1. The second-order valence-electron chi connectivity index (χ2n) is 5.18. The normalized spacial score (nSPS) is 27.2. The Hall–Kier alpha value is -1.51. The summed E-state index contributed by atoms with van der Waals surface area (Å²) >= 11 is 0. The monoisotopic (exact) mass is 231 g/mol. The fourth-order valence-corrected chi connectivity index (χ4v) is 3.23. The number of rotatable bonds is 1. The molecule has 0 bridgehead atoms. The fourth-order valence-electron chi connectivity index (χ4n) is 3.23.